The Hall–Kier alpha value is -2.81. The third-order valence-electron chi connectivity index (χ3n) is 4.34. The van der Waals surface area contributed by atoms with Crippen molar-refractivity contribution < 1.29 is 14.4 Å². The lowest BCUT2D eigenvalue weighted by molar-refractivity contribution is -0.124. The number of thiazole rings is 1. The first kappa shape index (κ1) is 22.5. The van der Waals surface area contributed by atoms with E-state index in [2.05, 4.69) is 29.1 Å². The van der Waals surface area contributed by atoms with Crippen LogP contribution in [-0.4, -0.2) is 52.7 Å². The molecule has 0 aliphatic heterocycles. The van der Waals surface area contributed by atoms with Gasteiger partial charge in [-0.25, -0.2) is 14.8 Å². The summed E-state index contributed by atoms with van der Waals surface area (Å²) in [6.45, 7) is 5.81. The van der Waals surface area contributed by atoms with Gasteiger partial charge < -0.3 is 10.2 Å². The molecule has 0 bridgehead atoms. The quantitative estimate of drug-likeness (QED) is 0.713. The standard InChI is InChI=1S/C20H27N5O3S/c1-13(2)19-22-15(12-29-19)11-24(4)20(28)23-16(14(3)26)10-18(27)25(5)17-8-6-7-9-21-17/h6-9,12-13,16H,10-11H2,1-5H3,(H,23,28). The van der Waals surface area contributed by atoms with Crippen LogP contribution >= 0.6 is 11.3 Å². The second kappa shape index (κ2) is 10.1. The molecule has 0 aliphatic carbocycles. The van der Waals surface area contributed by atoms with Crippen molar-refractivity contribution in [3.05, 3.63) is 40.5 Å². The van der Waals surface area contributed by atoms with Gasteiger partial charge in [0.1, 0.15) is 5.82 Å². The van der Waals surface area contributed by atoms with Crippen molar-refractivity contribution >= 4 is 34.9 Å². The third-order valence-corrected chi connectivity index (χ3v) is 5.54. The molecule has 2 aromatic heterocycles. The number of hydrogen-bond donors (Lipinski definition) is 1. The van der Waals surface area contributed by atoms with Gasteiger partial charge in [-0.15, -0.1) is 11.3 Å². The molecule has 1 atom stereocenters. The number of ketones is 1. The van der Waals surface area contributed by atoms with Gasteiger partial charge in [0.05, 0.1) is 29.7 Å². The van der Waals surface area contributed by atoms with E-state index in [4.69, 9.17) is 0 Å². The second-order valence-electron chi connectivity index (χ2n) is 7.15. The summed E-state index contributed by atoms with van der Waals surface area (Å²) in [4.78, 5) is 48.5. The molecular weight excluding hydrogens is 390 g/mol. The van der Waals surface area contributed by atoms with Crippen LogP contribution in [0.4, 0.5) is 10.6 Å². The average Bonchev–Trinajstić information content (AvgIpc) is 3.16. The number of aromatic nitrogens is 2. The fraction of sp³-hybridized carbons (Fsp3) is 0.450. The molecule has 156 valence electrons. The van der Waals surface area contributed by atoms with Gasteiger partial charge in [-0.2, -0.15) is 0 Å². The van der Waals surface area contributed by atoms with Crippen LogP contribution < -0.4 is 10.2 Å². The van der Waals surface area contributed by atoms with E-state index < -0.39 is 12.1 Å². The molecule has 2 rings (SSSR count). The third kappa shape index (κ3) is 6.35. The van der Waals surface area contributed by atoms with Gasteiger partial charge in [0.15, 0.2) is 5.78 Å². The SMILES string of the molecule is CC(=O)C(CC(=O)N(C)c1ccccn1)NC(=O)N(C)Cc1csc(C(C)C)n1. The van der Waals surface area contributed by atoms with Crippen molar-refractivity contribution in [2.24, 2.45) is 0 Å². The molecule has 1 unspecified atom stereocenters. The van der Waals surface area contributed by atoms with Crippen LogP contribution in [-0.2, 0) is 16.1 Å². The topological polar surface area (TPSA) is 95.5 Å². The van der Waals surface area contributed by atoms with Crippen LogP contribution in [0.25, 0.3) is 0 Å². The van der Waals surface area contributed by atoms with Gasteiger partial charge in [-0.3, -0.25) is 14.5 Å². The van der Waals surface area contributed by atoms with Crippen LogP contribution in [0.3, 0.4) is 0 Å². The fourth-order valence-electron chi connectivity index (χ4n) is 2.52. The average molecular weight is 418 g/mol. The van der Waals surface area contributed by atoms with Crippen LogP contribution in [0.5, 0.6) is 0 Å². The minimum Gasteiger partial charge on any atom is -0.328 e. The van der Waals surface area contributed by atoms with E-state index >= 15 is 0 Å². The summed E-state index contributed by atoms with van der Waals surface area (Å²) < 4.78 is 0. The van der Waals surface area contributed by atoms with Crippen molar-refractivity contribution in [3.8, 4) is 0 Å². The molecule has 8 nitrogen and oxygen atoms in total. The number of nitrogens with one attached hydrogen (secondary N) is 1. The molecule has 0 spiro atoms. The molecule has 0 aromatic carbocycles. The number of carbonyl (C=O) groups is 3. The lowest BCUT2D eigenvalue weighted by Crippen LogP contribution is -2.48. The minimum absolute atomic E-state index is 0.143. The van der Waals surface area contributed by atoms with E-state index in [9.17, 15) is 14.4 Å². The number of amides is 3. The lowest BCUT2D eigenvalue weighted by atomic mass is 10.1. The number of carbonyl (C=O) groups excluding carboxylic acids is 3. The first-order valence-corrected chi connectivity index (χ1v) is 10.2. The Kier molecular flexibility index (Phi) is 7.83. The Balaban J connectivity index is 1.96. The zero-order valence-electron chi connectivity index (χ0n) is 17.4. The first-order valence-electron chi connectivity index (χ1n) is 9.33. The molecule has 29 heavy (non-hydrogen) atoms. The molecule has 0 aliphatic rings. The Morgan fingerprint density at radius 3 is 2.48 bits per heavy atom. The molecule has 0 fully saturated rings. The van der Waals surface area contributed by atoms with Crippen molar-refractivity contribution in [3.63, 3.8) is 0 Å². The summed E-state index contributed by atoms with van der Waals surface area (Å²) in [5.41, 5.74) is 0.793. The molecule has 1 N–H and O–H groups in total. The lowest BCUT2D eigenvalue weighted by Gasteiger charge is -2.23. The fourth-order valence-corrected chi connectivity index (χ4v) is 3.35. The van der Waals surface area contributed by atoms with Crippen molar-refractivity contribution in [2.75, 3.05) is 19.0 Å². The number of Topliss-reactive ketones (excluding diaryl/α,β-unsaturated/α-hetero) is 1. The van der Waals surface area contributed by atoms with E-state index in [0.717, 1.165) is 10.7 Å². The first-order chi connectivity index (χ1) is 13.7. The molecular formula is C20H27N5O3S. The van der Waals surface area contributed by atoms with E-state index in [1.807, 2.05) is 5.38 Å². The molecule has 0 saturated carbocycles. The summed E-state index contributed by atoms with van der Waals surface area (Å²) >= 11 is 1.56. The Morgan fingerprint density at radius 2 is 1.93 bits per heavy atom. The summed E-state index contributed by atoms with van der Waals surface area (Å²) in [6.07, 6.45) is 1.44. The van der Waals surface area contributed by atoms with Crippen LogP contribution in [0.15, 0.2) is 29.8 Å². The molecule has 9 heteroatoms. The maximum Gasteiger partial charge on any atom is 0.318 e. The Morgan fingerprint density at radius 1 is 1.21 bits per heavy atom. The highest BCUT2D eigenvalue weighted by Gasteiger charge is 2.25. The summed E-state index contributed by atoms with van der Waals surface area (Å²) in [5, 5.41) is 5.58. The van der Waals surface area contributed by atoms with Gasteiger partial charge in [0, 0.05) is 31.6 Å². The van der Waals surface area contributed by atoms with E-state index in [1.165, 1.54) is 16.7 Å². The number of pyridine rings is 1. The summed E-state index contributed by atoms with van der Waals surface area (Å²) in [6, 6.07) is 3.88. The van der Waals surface area contributed by atoms with E-state index in [0.29, 0.717) is 18.3 Å². The number of nitrogens with zero attached hydrogens (tertiary/aromatic N) is 4. The smallest absolute Gasteiger partial charge is 0.318 e. The highest BCUT2D eigenvalue weighted by molar-refractivity contribution is 7.09. The van der Waals surface area contributed by atoms with Gasteiger partial charge in [-0.05, 0) is 19.1 Å². The van der Waals surface area contributed by atoms with Gasteiger partial charge in [-0.1, -0.05) is 19.9 Å². The second-order valence-corrected chi connectivity index (χ2v) is 8.04. The molecule has 0 radical (unpaired) electrons. The predicted molar refractivity (Wildman–Crippen MR) is 113 cm³/mol. The maximum atomic E-state index is 12.5. The van der Waals surface area contributed by atoms with Gasteiger partial charge in [0.25, 0.3) is 0 Å². The summed E-state index contributed by atoms with van der Waals surface area (Å²) in [7, 11) is 3.22. The molecule has 0 saturated heterocycles. The van der Waals surface area contributed by atoms with E-state index in [1.54, 1.807) is 49.8 Å². The Bertz CT molecular complexity index is 853. The zero-order valence-corrected chi connectivity index (χ0v) is 18.2. The highest BCUT2D eigenvalue weighted by Crippen LogP contribution is 2.19. The number of urea groups is 1. The van der Waals surface area contributed by atoms with Gasteiger partial charge >= 0.3 is 6.03 Å². The van der Waals surface area contributed by atoms with Crippen molar-refractivity contribution in [1.29, 1.82) is 0 Å². The normalized spacial score (nSPS) is 11.8. The van der Waals surface area contributed by atoms with E-state index in [-0.39, 0.29) is 18.1 Å². The largest absolute Gasteiger partial charge is 0.328 e. The number of hydrogen-bond acceptors (Lipinski definition) is 6. The minimum atomic E-state index is -0.912. The van der Waals surface area contributed by atoms with Crippen LogP contribution in [0, 0.1) is 0 Å². The maximum absolute atomic E-state index is 12.5. The molecule has 2 heterocycles. The predicted octanol–water partition coefficient (Wildman–Crippen LogP) is 2.81. The molecule has 3 amide bonds. The van der Waals surface area contributed by atoms with Crippen molar-refractivity contribution in [1.82, 2.24) is 20.2 Å². The van der Waals surface area contributed by atoms with Crippen LogP contribution in [0.2, 0.25) is 0 Å². The zero-order chi connectivity index (χ0) is 21.6. The van der Waals surface area contributed by atoms with Crippen LogP contribution in [0.1, 0.15) is 43.8 Å². The van der Waals surface area contributed by atoms with Crippen molar-refractivity contribution in [2.45, 2.75) is 45.7 Å². The Labute approximate surface area is 175 Å². The summed E-state index contributed by atoms with van der Waals surface area (Å²) in [5.74, 6) is 0.211. The monoisotopic (exact) mass is 417 g/mol. The highest BCUT2D eigenvalue weighted by atomic mass is 32.1. The van der Waals surface area contributed by atoms with Gasteiger partial charge in [0.2, 0.25) is 5.91 Å². The number of rotatable bonds is 8. The number of anilines is 1. The molecule has 2 aromatic rings.